The van der Waals surface area contributed by atoms with Crippen molar-refractivity contribution in [3.05, 3.63) is 48.3 Å². The SMILES string of the molecule is Cn1cccc1C(=O)Nc1nc2ccccc2s1. The van der Waals surface area contributed by atoms with Crippen molar-refractivity contribution in [2.75, 3.05) is 5.32 Å². The summed E-state index contributed by atoms with van der Waals surface area (Å²) in [7, 11) is 1.84. The summed E-state index contributed by atoms with van der Waals surface area (Å²) >= 11 is 1.48. The number of hydrogen-bond acceptors (Lipinski definition) is 3. The largest absolute Gasteiger partial charge is 0.347 e. The minimum Gasteiger partial charge on any atom is -0.347 e. The summed E-state index contributed by atoms with van der Waals surface area (Å²) in [6.45, 7) is 0. The Morgan fingerprint density at radius 2 is 2.11 bits per heavy atom. The highest BCUT2D eigenvalue weighted by molar-refractivity contribution is 7.22. The van der Waals surface area contributed by atoms with Gasteiger partial charge in [-0.15, -0.1) is 0 Å². The third-order valence-corrected chi connectivity index (χ3v) is 3.64. The molecule has 2 aromatic heterocycles. The van der Waals surface area contributed by atoms with Gasteiger partial charge in [0.25, 0.3) is 5.91 Å². The zero-order valence-corrected chi connectivity index (χ0v) is 10.6. The van der Waals surface area contributed by atoms with Gasteiger partial charge in [-0.25, -0.2) is 4.98 Å². The van der Waals surface area contributed by atoms with Gasteiger partial charge in [-0.05, 0) is 24.3 Å². The number of para-hydroxylation sites is 1. The molecule has 1 aromatic carbocycles. The van der Waals surface area contributed by atoms with Gasteiger partial charge in [0.05, 0.1) is 10.2 Å². The summed E-state index contributed by atoms with van der Waals surface area (Å²) in [5.41, 5.74) is 1.53. The van der Waals surface area contributed by atoms with Gasteiger partial charge in [0.2, 0.25) is 0 Å². The Morgan fingerprint density at radius 1 is 1.28 bits per heavy atom. The number of aryl methyl sites for hydroxylation is 1. The lowest BCUT2D eigenvalue weighted by Crippen LogP contribution is -2.14. The summed E-state index contributed by atoms with van der Waals surface area (Å²) in [6, 6.07) is 11.4. The molecule has 0 radical (unpaired) electrons. The van der Waals surface area contributed by atoms with Gasteiger partial charge in [-0.2, -0.15) is 0 Å². The first kappa shape index (κ1) is 11.0. The number of aromatic nitrogens is 2. The number of carbonyl (C=O) groups excluding carboxylic acids is 1. The van der Waals surface area contributed by atoms with Crippen molar-refractivity contribution in [2.24, 2.45) is 7.05 Å². The molecule has 3 aromatic rings. The van der Waals surface area contributed by atoms with E-state index in [1.54, 1.807) is 10.6 Å². The Morgan fingerprint density at radius 3 is 2.83 bits per heavy atom. The molecule has 3 rings (SSSR count). The number of nitrogens with one attached hydrogen (secondary N) is 1. The second-order valence-corrected chi connectivity index (χ2v) is 4.98. The summed E-state index contributed by atoms with van der Waals surface area (Å²) in [5, 5.41) is 3.45. The van der Waals surface area contributed by atoms with Crippen LogP contribution >= 0.6 is 11.3 Å². The molecule has 18 heavy (non-hydrogen) atoms. The first-order valence-electron chi connectivity index (χ1n) is 5.52. The van der Waals surface area contributed by atoms with Gasteiger partial charge in [-0.1, -0.05) is 23.5 Å². The van der Waals surface area contributed by atoms with Crippen molar-refractivity contribution in [2.45, 2.75) is 0 Å². The lowest BCUT2D eigenvalue weighted by atomic mass is 10.3. The smallest absolute Gasteiger partial charge is 0.274 e. The van der Waals surface area contributed by atoms with E-state index in [2.05, 4.69) is 10.3 Å². The highest BCUT2D eigenvalue weighted by Crippen LogP contribution is 2.25. The van der Waals surface area contributed by atoms with Crippen LogP contribution in [0, 0.1) is 0 Å². The van der Waals surface area contributed by atoms with E-state index >= 15 is 0 Å². The molecule has 0 atom stereocenters. The van der Waals surface area contributed by atoms with Crippen LogP contribution in [-0.2, 0) is 7.05 Å². The highest BCUT2D eigenvalue weighted by atomic mass is 32.1. The first-order chi connectivity index (χ1) is 8.74. The second kappa shape index (κ2) is 4.27. The Kier molecular flexibility index (Phi) is 2.60. The van der Waals surface area contributed by atoms with Crippen molar-refractivity contribution in [3.63, 3.8) is 0 Å². The fourth-order valence-corrected chi connectivity index (χ4v) is 2.64. The van der Waals surface area contributed by atoms with E-state index < -0.39 is 0 Å². The summed E-state index contributed by atoms with van der Waals surface area (Å²) in [5.74, 6) is -0.137. The molecule has 0 aliphatic rings. The van der Waals surface area contributed by atoms with E-state index in [0.29, 0.717) is 10.8 Å². The molecule has 0 aliphatic carbocycles. The lowest BCUT2D eigenvalue weighted by Gasteiger charge is -2.02. The maximum Gasteiger partial charge on any atom is 0.274 e. The van der Waals surface area contributed by atoms with Crippen molar-refractivity contribution < 1.29 is 4.79 Å². The van der Waals surface area contributed by atoms with E-state index in [-0.39, 0.29) is 5.91 Å². The normalized spacial score (nSPS) is 10.7. The van der Waals surface area contributed by atoms with Crippen LogP contribution in [0.4, 0.5) is 5.13 Å². The van der Waals surface area contributed by atoms with Crippen LogP contribution < -0.4 is 5.32 Å². The molecular weight excluding hydrogens is 246 g/mol. The van der Waals surface area contributed by atoms with E-state index in [4.69, 9.17) is 0 Å². The number of anilines is 1. The third-order valence-electron chi connectivity index (χ3n) is 2.69. The Bertz CT molecular complexity index is 681. The quantitative estimate of drug-likeness (QED) is 0.767. The molecule has 2 heterocycles. The zero-order chi connectivity index (χ0) is 12.5. The van der Waals surface area contributed by atoms with Crippen LogP contribution in [0.15, 0.2) is 42.6 Å². The Labute approximate surface area is 108 Å². The van der Waals surface area contributed by atoms with Crippen LogP contribution in [0.25, 0.3) is 10.2 Å². The Hall–Kier alpha value is -2.14. The summed E-state index contributed by atoms with van der Waals surface area (Å²) < 4.78 is 2.85. The van der Waals surface area contributed by atoms with Crippen LogP contribution in [-0.4, -0.2) is 15.5 Å². The van der Waals surface area contributed by atoms with E-state index in [0.717, 1.165) is 10.2 Å². The van der Waals surface area contributed by atoms with E-state index in [1.807, 2.05) is 43.6 Å². The molecule has 1 amide bonds. The maximum atomic E-state index is 12.0. The van der Waals surface area contributed by atoms with E-state index in [9.17, 15) is 4.79 Å². The standard InChI is InChI=1S/C13H11N3OS/c1-16-8-4-6-10(16)12(17)15-13-14-9-5-2-3-7-11(9)18-13/h2-8H,1H3,(H,14,15,17). The van der Waals surface area contributed by atoms with Gasteiger partial charge in [-0.3, -0.25) is 10.1 Å². The van der Waals surface area contributed by atoms with Gasteiger partial charge in [0, 0.05) is 13.2 Å². The summed E-state index contributed by atoms with van der Waals surface area (Å²) in [6.07, 6.45) is 1.84. The van der Waals surface area contributed by atoms with Crippen molar-refractivity contribution >= 4 is 32.6 Å². The van der Waals surface area contributed by atoms with Crippen molar-refractivity contribution in [3.8, 4) is 0 Å². The molecule has 90 valence electrons. The number of carbonyl (C=O) groups is 1. The highest BCUT2D eigenvalue weighted by Gasteiger charge is 2.11. The third kappa shape index (κ3) is 1.89. The predicted octanol–water partition coefficient (Wildman–Crippen LogP) is 2.89. The molecule has 0 fully saturated rings. The molecule has 0 unspecified atom stereocenters. The fourth-order valence-electron chi connectivity index (χ4n) is 1.78. The average molecular weight is 257 g/mol. The molecule has 0 saturated carbocycles. The van der Waals surface area contributed by atoms with Crippen LogP contribution in [0.3, 0.4) is 0 Å². The van der Waals surface area contributed by atoms with Crippen molar-refractivity contribution in [1.82, 2.24) is 9.55 Å². The van der Waals surface area contributed by atoms with Crippen molar-refractivity contribution in [1.29, 1.82) is 0 Å². The molecule has 0 saturated heterocycles. The number of thiazole rings is 1. The number of nitrogens with zero attached hydrogens (tertiary/aromatic N) is 2. The number of hydrogen-bond donors (Lipinski definition) is 1. The number of rotatable bonds is 2. The van der Waals surface area contributed by atoms with E-state index in [1.165, 1.54) is 11.3 Å². The maximum absolute atomic E-state index is 12.0. The molecule has 0 spiro atoms. The Balaban J connectivity index is 1.88. The number of amides is 1. The lowest BCUT2D eigenvalue weighted by molar-refractivity contribution is 0.101. The van der Waals surface area contributed by atoms with Gasteiger partial charge in [0.15, 0.2) is 5.13 Å². The first-order valence-corrected chi connectivity index (χ1v) is 6.34. The molecule has 4 nitrogen and oxygen atoms in total. The average Bonchev–Trinajstić information content (AvgIpc) is 2.94. The predicted molar refractivity (Wildman–Crippen MR) is 73.0 cm³/mol. The molecular formula is C13H11N3OS. The fraction of sp³-hybridized carbons (Fsp3) is 0.0769. The van der Waals surface area contributed by atoms with Crippen LogP contribution in [0.1, 0.15) is 10.5 Å². The van der Waals surface area contributed by atoms with Crippen LogP contribution in [0.5, 0.6) is 0 Å². The molecule has 0 aliphatic heterocycles. The number of benzene rings is 1. The molecule has 5 heteroatoms. The minimum atomic E-state index is -0.137. The second-order valence-electron chi connectivity index (χ2n) is 3.95. The molecule has 0 bridgehead atoms. The monoisotopic (exact) mass is 257 g/mol. The zero-order valence-electron chi connectivity index (χ0n) is 9.75. The summed E-state index contributed by atoms with van der Waals surface area (Å²) in [4.78, 5) is 16.4. The molecule has 1 N–H and O–H groups in total. The minimum absolute atomic E-state index is 0.137. The van der Waals surface area contributed by atoms with Crippen LogP contribution in [0.2, 0.25) is 0 Å². The number of fused-ring (bicyclic) bond motifs is 1. The van der Waals surface area contributed by atoms with Gasteiger partial charge in [0.1, 0.15) is 5.69 Å². The topological polar surface area (TPSA) is 46.9 Å². The van der Waals surface area contributed by atoms with Gasteiger partial charge >= 0.3 is 0 Å². The van der Waals surface area contributed by atoms with Gasteiger partial charge < -0.3 is 4.57 Å².